The largest absolute Gasteiger partial charge is 0.493 e. The topological polar surface area (TPSA) is 64.6 Å². The first-order valence-electron chi connectivity index (χ1n) is 12.3. The Hall–Kier alpha value is -4.03. The molecule has 0 N–H and O–H groups in total. The molecule has 42 heavy (non-hydrogen) atoms. The van der Waals surface area contributed by atoms with Gasteiger partial charge in [0, 0.05) is 0 Å². The van der Waals surface area contributed by atoms with Gasteiger partial charge in [-0.2, -0.15) is 0 Å². The van der Waals surface area contributed by atoms with E-state index in [-0.39, 0.29) is 28.6 Å². The minimum atomic E-state index is -1.42. The van der Waals surface area contributed by atoms with Crippen LogP contribution in [0.1, 0.15) is 0 Å². The zero-order chi connectivity index (χ0) is 30.4. The second-order valence-electron chi connectivity index (χ2n) is 8.03. The predicted molar refractivity (Wildman–Crippen MR) is 168 cm³/mol. The molecule has 0 saturated heterocycles. The molecule has 7 nitrogen and oxygen atoms in total. The Balaban J connectivity index is 2.01. The van der Waals surface area contributed by atoms with Crippen LogP contribution in [-0.4, -0.2) is 87.3 Å². The molecule has 0 aliphatic rings. The summed E-state index contributed by atoms with van der Waals surface area (Å²) in [4.78, 5) is 0. The van der Waals surface area contributed by atoms with E-state index in [1.807, 2.05) is 54.6 Å². The van der Waals surface area contributed by atoms with Crippen LogP contribution in [0, 0.1) is 34.4 Å². The summed E-state index contributed by atoms with van der Waals surface area (Å²) in [6.45, 7) is 0. The van der Waals surface area contributed by atoms with Gasteiger partial charge in [-0.05, 0) is 51.5 Å². The predicted octanol–water partition coefficient (Wildman–Crippen LogP) is 0.849. The van der Waals surface area contributed by atoms with Gasteiger partial charge in [0.25, 0.3) is 10.5 Å². The molecule has 0 bridgehead atoms. The van der Waals surface area contributed by atoms with E-state index >= 15 is 0 Å². The summed E-state index contributed by atoms with van der Waals surface area (Å²) in [6, 6.07) is 17.0. The summed E-state index contributed by atoms with van der Waals surface area (Å²) < 4.78 is 38.6. The molecule has 0 fully saturated rings. The lowest BCUT2D eigenvalue weighted by molar-refractivity contribution is 0.278. The van der Waals surface area contributed by atoms with Gasteiger partial charge in [-0.15, -0.1) is 16.6 Å². The van der Waals surface area contributed by atoms with Crippen LogP contribution in [0.4, 0.5) is 0 Å². The number of ether oxygens (including phenoxy) is 6. The van der Waals surface area contributed by atoms with Crippen molar-refractivity contribution in [1.29, 1.82) is 0 Å². The number of benzene rings is 3. The van der Waals surface area contributed by atoms with Crippen LogP contribution < -0.4 is 44.0 Å². The SMILES string of the molecule is COc1cccc([Si]C#CC(C#C[Si]c2cccc(OC)c2OC)(C#C[Si]c2cccc(OC)c2OC)O[Si])c1OC. The molecule has 0 spiro atoms. The fraction of sp³-hybridized carbons (Fsp3) is 0.226. The molecule has 0 aliphatic heterocycles. The summed E-state index contributed by atoms with van der Waals surface area (Å²) in [5.41, 5.74) is 8.17. The van der Waals surface area contributed by atoms with Gasteiger partial charge in [0.1, 0.15) is 0 Å². The zero-order valence-electron chi connectivity index (χ0n) is 24.1. The average molecular weight is 624 g/mol. The van der Waals surface area contributed by atoms with Gasteiger partial charge < -0.3 is 32.8 Å². The van der Waals surface area contributed by atoms with E-state index in [0.717, 1.165) is 15.6 Å². The fourth-order valence-corrected chi connectivity index (χ4v) is 6.51. The summed E-state index contributed by atoms with van der Waals surface area (Å²) in [5, 5.41) is 2.66. The molecule has 0 unspecified atom stereocenters. The second kappa shape index (κ2) is 16.4. The number of hydrogen-bond acceptors (Lipinski definition) is 7. The standard InChI is InChI=1S/C31H27O7Si4/c1-32-22-10-7-13-25(28(22)35-4)40-19-16-31(38-39,17-20-41-26-14-8-11-23(33-2)29(26)36-5)18-21-42-27-15-9-12-24(34-3)30(27)37-6/h7-15H,1-6H3. The highest BCUT2D eigenvalue weighted by molar-refractivity contribution is 6.64. The summed E-state index contributed by atoms with van der Waals surface area (Å²) in [7, 11) is 13.0. The highest BCUT2D eigenvalue weighted by Gasteiger charge is 2.22. The van der Waals surface area contributed by atoms with Gasteiger partial charge in [0.05, 0.1) is 42.7 Å². The molecular weight excluding hydrogens is 597 g/mol. The van der Waals surface area contributed by atoms with Crippen LogP contribution in [0.25, 0.3) is 0 Å². The van der Waals surface area contributed by atoms with E-state index in [1.165, 1.54) is 0 Å². The number of hydrogen-bond donors (Lipinski definition) is 0. The Labute approximate surface area is 258 Å². The maximum atomic E-state index is 5.69. The van der Waals surface area contributed by atoms with E-state index in [0.29, 0.717) is 34.5 Å². The van der Waals surface area contributed by atoms with E-state index < -0.39 is 5.60 Å². The third-order valence-electron chi connectivity index (χ3n) is 5.67. The molecule has 9 radical (unpaired) electrons. The van der Waals surface area contributed by atoms with Crippen molar-refractivity contribution in [3.63, 3.8) is 0 Å². The quantitative estimate of drug-likeness (QED) is 0.245. The summed E-state index contributed by atoms with van der Waals surface area (Å²) >= 11 is 0. The molecule has 3 aromatic rings. The zero-order valence-corrected chi connectivity index (χ0v) is 28.1. The normalized spacial score (nSPS) is 10.1. The Kier molecular flexibility index (Phi) is 12.7. The van der Waals surface area contributed by atoms with E-state index in [2.05, 4.69) is 44.9 Å². The molecule has 3 aromatic carbocycles. The number of para-hydroxylation sites is 3. The lowest BCUT2D eigenvalue weighted by atomic mass is 10.1. The highest BCUT2D eigenvalue weighted by atomic mass is 28.2. The van der Waals surface area contributed by atoms with E-state index in [1.54, 1.807) is 42.7 Å². The van der Waals surface area contributed by atoms with Crippen molar-refractivity contribution in [2.75, 3.05) is 42.7 Å². The molecule has 0 amide bonds. The Morgan fingerprint density at radius 3 is 1.05 bits per heavy atom. The molecule has 0 saturated carbocycles. The van der Waals surface area contributed by atoms with Crippen LogP contribution in [0.5, 0.6) is 34.5 Å². The Morgan fingerprint density at radius 2 is 0.810 bits per heavy atom. The van der Waals surface area contributed by atoms with Gasteiger partial charge >= 0.3 is 0 Å². The molecule has 3 rings (SSSR count). The van der Waals surface area contributed by atoms with Gasteiger partial charge in [0.15, 0.2) is 63.1 Å². The smallest absolute Gasteiger partial charge is 0.251 e. The fourth-order valence-electron chi connectivity index (χ4n) is 3.69. The van der Waals surface area contributed by atoms with E-state index in [4.69, 9.17) is 32.8 Å². The minimum Gasteiger partial charge on any atom is -0.493 e. The average Bonchev–Trinajstić information content (AvgIpc) is 3.03. The molecule has 0 atom stereocenters. The van der Waals surface area contributed by atoms with Crippen LogP contribution in [0.15, 0.2) is 54.6 Å². The maximum absolute atomic E-state index is 5.69. The first-order valence-corrected chi connectivity index (χ1v) is 15.7. The second-order valence-corrected chi connectivity index (χ2v) is 11.4. The molecule has 0 heterocycles. The Bertz CT molecular complexity index is 1380. The van der Waals surface area contributed by atoms with Crippen molar-refractivity contribution >= 4 is 54.6 Å². The molecular formula is C31H27O7Si4. The minimum absolute atomic E-state index is 0.0625. The van der Waals surface area contributed by atoms with Crippen molar-refractivity contribution in [3.05, 3.63) is 54.6 Å². The molecule has 0 aromatic heterocycles. The Morgan fingerprint density at radius 1 is 0.500 bits per heavy atom. The summed E-state index contributed by atoms with van der Waals surface area (Å²) in [6.07, 6.45) is 0. The van der Waals surface area contributed by atoms with Crippen LogP contribution >= 0.6 is 0 Å². The lowest BCUT2D eigenvalue weighted by Gasteiger charge is -2.15. The van der Waals surface area contributed by atoms with Gasteiger partial charge in [-0.25, -0.2) is 0 Å². The van der Waals surface area contributed by atoms with E-state index in [9.17, 15) is 0 Å². The van der Waals surface area contributed by atoms with Gasteiger partial charge in [-0.1, -0.05) is 36.4 Å². The van der Waals surface area contributed by atoms with Crippen LogP contribution in [-0.2, 0) is 4.43 Å². The van der Waals surface area contributed by atoms with Crippen LogP contribution in [0.3, 0.4) is 0 Å². The number of rotatable bonds is 10. The third-order valence-corrected chi connectivity index (χ3v) is 8.71. The highest BCUT2D eigenvalue weighted by Crippen LogP contribution is 2.25. The molecule has 0 aliphatic carbocycles. The first kappa shape index (κ1) is 32.5. The van der Waals surface area contributed by atoms with Gasteiger partial charge in [0.2, 0.25) is 5.60 Å². The maximum Gasteiger partial charge on any atom is 0.251 e. The molecule has 11 heteroatoms. The van der Waals surface area contributed by atoms with Crippen LogP contribution in [0.2, 0.25) is 0 Å². The lowest BCUT2D eigenvalue weighted by Crippen LogP contribution is -2.28. The van der Waals surface area contributed by atoms with Crippen molar-refractivity contribution in [1.82, 2.24) is 0 Å². The number of methoxy groups -OCH3 is 6. The summed E-state index contributed by atoms with van der Waals surface area (Å²) in [5.74, 6) is 13.2. The van der Waals surface area contributed by atoms with Crippen molar-refractivity contribution in [2.45, 2.75) is 5.60 Å². The monoisotopic (exact) mass is 623 g/mol. The third kappa shape index (κ3) is 8.04. The van der Waals surface area contributed by atoms with Crippen molar-refractivity contribution in [2.24, 2.45) is 0 Å². The van der Waals surface area contributed by atoms with Crippen molar-refractivity contribution in [3.8, 4) is 68.9 Å². The first-order chi connectivity index (χ1) is 20.5. The van der Waals surface area contributed by atoms with Gasteiger partial charge in [-0.3, -0.25) is 0 Å². The van der Waals surface area contributed by atoms with Crippen molar-refractivity contribution < 1.29 is 32.8 Å². The molecule has 209 valence electrons.